The van der Waals surface area contributed by atoms with Crippen LogP contribution >= 0.6 is 11.8 Å². The van der Waals surface area contributed by atoms with Gasteiger partial charge in [0.2, 0.25) is 5.91 Å². The number of carbonyl (C=O) groups is 1. The van der Waals surface area contributed by atoms with Crippen molar-refractivity contribution in [1.29, 1.82) is 0 Å². The zero-order valence-electron chi connectivity index (χ0n) is 13.8. The molecule has 3 rings (SSSR count). The van der Waals surface area contributed by atoms with Gasteiger partial charge < -0.3 is 9.88 Å². The van der Waals surface area contributed by atoms with E-state index in [9.17, 15) is 13.2 Å². The van der Waals surface area contributed by atoms with Gasteiger partial charge in [-0.05, 0) is 38.0 Å². The van der Waals surface area contributed by atoms with Crippen LogP contribution in [-0.2, 0) is 14.6 Å². The van der Waals surface area contributed by atoms with E-state index < -0.39 is 9.84 Å². The van der Waals surface area contributed by atoms with Crippen LogP contribution in [0.25, 0.3) is 11.0 Å². The molecule has 1 atom stereocenters. The molecular weight excluding hydrogens is 346 g/mol. The van der Waals surface area contributed by atoms with Gasteiger partial charge in [0.15, 0.2) is 15.0 Å². The molecule has 8 heteroatoms. The summed E-state index contributed by atoms with van der Waals surface area (Å²) in [4.78, 5) is 21.9. The number of aryl methyl sites for hydroxylation is 1. The standard InChI is InChI=1S/C16H21N3O3S2/c1-3-19(12-6-7-24(21,22)10-12)15(20)9-23-16-17-13-5-4-11(2)8-14(13)18-16/h4-5,8,12H,3,6-7,9-10H2,1-2H3,(H,17,18)/t12-/m1/s1. The van der Waals surface area contributed by atoms with Crippen LogP contribution in [0.2, 0.25) is 0 Å². The molecule has 1 saturated heterocycles. The van der Waals surface area contributed by atoms with E-state index in [4.69, 9.17) is 0 Å². The lowest BCUT2D eigenvalue weighted by Gasteiger charge is -2.26. The van der Waals surface area contributed by atoms with Crippen molar-refractivity contribution in [3.63, 3.8) is 0 Å². The first-order chi connectivity index (χ1) is 11.4. The summed E-state index contributed by atoms with van der Waals surface area (Å²) in [5.41, 5.74) is 2.99. The highest BCUT2D eigenvalue weighted by Gasteiger charge is 2.33. The lowest BCUT2D eigenvalue weighted by atomic mass is 10.2. The van der Waals surface area contributed by atoms with E-state index in [1.165, 1.54) is 11.8 Å². The Morgan fingerprint density at radius 1 is 1.46 bits per heavy atom. The molecule has 1 amide bonds. The van der Waals surface area contributed by atoms with Crippen LogP contribution in [0.15, 0.2) is 23.4 Å². The third-order valence-corrected chi connectivity index (χ3v) is 6.87. The first-order valence-electron chi connectivity index (χ1n) is 7.97. The van der Waals surface area contributed by atoms with Crippen LogP contribution in [0, 0.1) is 6.92 Å². The number of benzene rings is 1. The van der Waals surface area contributed by atoms with E-state index in [1.54, 1.807) is 4.90 Å². The van der Waals surface area contributed by atoms with E-state index in [1.807, 2.05) is 32.0 Å². The number of H-pyrrole nitrogens is 1. The van der Waals surface area contributed by atoms with Gasteiger partial charge in [-0.25, -0.2) is 13.4 Å². The smallest absolute Gasteiger partial charge is 0.233 e. The Morgan fingerprint density at radius 3 is 2.92 bits per heavy atom. The Balaban J connectivity index is 1.64. The Labute approximate surface area is 145 Å². The van der Waals surface area contributed by atoms with Crippen molar-refractivity contribution in [2.45, 2.75) is 31.5 Å². The fourth-order valence-corrected chi connectivity index (χ4v) is 5.54. The van der Waals surface area contributed by atoms with Gasteiger partial charge in [0.05, 0.1) is 28.3 Å². The molecule has 0 spiro atoms. The zero-order chi connectivity index (χ0) is 17.3. The van der Waals surface area contributed by atoms with Crippen LogP contribution in [0.4, 0.5) is 0 Å². The molecule has 1 aromatic carbocycles. The van der Waals surface area contributed by atoms with Crippen molar-refractivity contribution < 1.29 is 13.2 Å². The minimum Gasteiger partial charge on any atom is -0.338 e. The van der Waals surface area contributed by atoms with Crippen molar-refractivity contribution in [2.75, 3.05) is 23.8 Å². The van der Waals surface area contributed by atoms with E-state index in [0.29, 0.717) is 18.1 Å². The number of imidazole rings is 1. The van der Waals surface area contributed by atoms with Crippen LogP contribution in [0.5, 0.6) is 0 Å². The third-order valence-electron chi connectivity index (χ3n) is 4.26. The number of fused-ring (bicyclic) bond motifs is 1. The first-order valence-corrected chi connectivity index (χ1v) is 10.8. The lowest BCUT2D eigenvalue weighted by Crippen LogP contribution is -2.41. The zero-order valence-corrected chi connectivity index (χ0v) is 15.4. The minimum absolute atomic E-state index is 0.0405. The fraction of sp³-hybridized carbons (Fsp3) is 0.500. The number of thioether (sulfide) groups is 1. The van der Waals surface area contributed by atoms with Gasteiger partial charge >= 0.3 is 0 Å². The number of hydrogen-bond donors (Lipinski definition) is 1. The molecule has 0 aliphatic carbocycles. The minimum atomic E-state index is -2.99. The molecule has 1 N–H and O–H groups in total. The summed E-state index contributed by atoms with van der Waals surface area (Å²) in [5.74, 6) is 0.475. The lowest BCUT2D eigenvalue weighted by molar-refractivity contribution is -0.129. The molecule has 2 aromatic rings. The summed E-state index contributed by atoms with van der Waals surface area (Å²) < 4.78 is 23.3. The number of sulfone groups is 1. The quantitative estimate of drug-likeness (QED) is 0.817. The van der Waals surface area contributed by atoms with Crippen molar-refractivity contribution in [1.82, 2.24) is 14.9 Å². The monoisotopic (exact) mass is 367 g/mol. The number of amides is 1. The topological polar surface area (TPSA) is 83.1 Å². The highest BCUT2D eigenvalue weighted by molar-refractivity contribution is 7.99. The predicted molar refractivity (Wildman–Crippen MR) is 96.0 cm³/mol. The highest BCUT2D eigenvalue weighted by atomic mass is 32.2. The summed E-state index contributed by atoms with van der Waals surface area (Å²) in [6, 6.07) is 5.79. The van der Waals surface area contributed by atoms with Gasteiger partial charge in [0.1, 0.15) is 0 Å². The Kier molecular flexibility index (Phi) is 4.87. The van der Waals surface area contributed by atoms with Gasteiger partial charge in [0, 0.05) is 12.6 Å². The second kappa shape index (κ2) is 6.76. The molecule has 1 fully saturated rings. The molecule has 0 bridgehead atoms. The van der Waals surface area contributed by atoms with E-state index in [0.717, 1.165) is 16.6 Å². The Hall–Kier alpha value is -1.54. The van der Waals surface area contributed by atoms with Crippen molar-refractivity contribution >= 4 is 38.5 Å². The normalized spacial score (nSPS) is 19.7. The molecule has 2 heterocycles. The summed E-state index contributed by atoms with van der Waals surface area (Å²) in [6.45, 7) is 4.43. The molecular formula is C16H21N3O3S2. The van der Waals surface area contributed by atoms with Gasteiger partial charge in [-0.2, -0.15) is 0 Å². The number of rotatable bonds is 5. The maximum Gasteiger partial charge on any atom is 0.233 e. The van der Waals surface area contributed by atoms with Crippen LogP contribution in [-0.4, -0.2) is 59.0 Å². The highest BCUT2D eigenvalue weighted by Crippen LogP contribution is 2.23. The van der Waals surface area contributed by atoms with Gasteiger partial charge in [-0.1, -0.05) is 17.8 Å². The molecule has 6 nitrogen and oxygen atoms in total. The molecule has 1 aliphatic heterocycles. The van der Waals surface area contributed by atoms with Gasteiger partial charge in [-0.3, -0.25) is 4.79 Å². The Bertz CT molecular complexity index is 861. The van der Waals surface area contributed by atoms with Crippen LogP contribution < -0.4 is 0 Å². The maximum atomic E-state index is 12.5. The number of carbonyl (C=O) groups excluding carboxylic acids is 1. The second-order valence-corrected chi connectivity index (χ2v) is 9.28. The predicted octanol–water partition coefficient (Wildman–Crippen LogP) is 2.00. The van der Waals surface area contributed by atoms with E-state index in [-0.39, 0.29) is 29.2 Å². The number of aromatic nitrogens is 2. The first kappa shape index (κ1) is 17.3. The maximum absolute atomic E-state index is 12.5. The number of aromatic amines is 1. The SMILES string of the molecule is CCN(C(=O)CSc1nc2ccc(C)cc2[nH]1)[C@@H]1CCS(=O)(=O)C1. The van der Waals surface area contributed by atoms with Crippen LogP contribution in [0.1, 0.15) is 18.9 Å². The number of hydrogen-bond acceptors (Lipinski definition) is 5. The number of nitrogens with zero attached hydrogens (tertiary/aromatic N) is 2. The molecule has 1 aliphatic rings. The third kappa shape index (κ3) is 3.75. The number of nitrogens with one attached hydrogen (secondary N) is 1. The molecule has 1 aromatic heterocycles. The van der Waals surface area contributed by atoms with Crippen LogP contribution in [0.3, 0.4) is 0 Å². The molecule has 0 saturated carbocycles. The largest absolute Gasteiger partial charge is 0.338 e. The second-order valence-electron chi connectivity index (χ2n) is 6.09. The summed E-state index contributed by atoms with van der Waals surface area (Å²) in [6.07, 6.45) is 0.538. The molecule has 0 unspecified atom stereocenters. The van der Waals surface area contributed by atoms with Gasteiger partial charge in [0.25, 0.3) is 0 Å². The average Bonchev–Trinajstić information content (AvgIpc) is 3.08. The fourth-order valence-electron chi connectivity index (χ4n) is 3.04. The van der Waals surface area contributed by atoms with Crippen molar-refractivity contribution in [3.05, 3.63) is 23.8 Å². The average molecular weight is 367 g/mol. The van der Waals surface area contributed by atoms with Crippen molar-refractivity contribution in [2.24, 2.45) is 0 Å². The van der Waals surface area contributed by atoms with Crippen molar-refractivity contribution in [3.8, 4) is 0 Å². The summed E-state index contributed by atoms with van der Waals surface area (Å²) in [5, 5.41) is 0.707. The Morgan fingerprint density at radius 2 is 2.25 bits per heavy atom. The molecule has 130 valence electrons. The molecule has 24 heavy (non-hydrogen) atoms. The summed E-state index contributed by atoms with van der Waals surface area (Å²) >= 11 is 1.36. The van der Waals surface area contributed by atoms with E-state index in [2.05, 4.69) is 9.97 Å². The summed E-state index contributed by atoms with van der Waals surface area (Å²) in [7, 11) is -2.99. The molecule has 0 radical (unpaired) electrons. The van der Waals surface area contributed by atoms with Gasteiger partial charge in [-0.15, -0.1) is 0 Å². The van der Waals surface area contributed by atoms with E-state index >= 15 is 0 Å².